The van der Waals surface area contributed by atoms with E-state index in [0.29, 0.717) is 0 Å². The topological polar surface area (TPSA) is 63.2 Å². The van der Waals surface area contributed by atoms with E-state index in [1.807, 2.05) is 0 Å². The highest BCUT2D eigenvalue weighted by molar-refractivity contribution is 5.47. The second-order valence-corrected chi connectivity index (χ2v) is 12.4. The summed E-state index contributed by atoms with van der Waals surface area (Å²) in [6, 6.07) is 1.72. The van der Waals surface area contributed by atoms with Crippen LogP contribution in [-0.2, 0) is 0 Å². The number of quaternary nitrogens is 2. The fourth-order valence-electron chi connectivity index (χ4n) is 6.21. The third kappa shape index (κ3) is 21.9. The third-order valence-electron chi connectivity index (χ3n) is 9.02. The smallest absolute Gasteiger partial charge is 0.0861 e. The van der Waals surface area contributed by atoms with Gasteiger partial charge in [0.15, 0.2) is 0 Å². The Morgan fingerprint density at radius 3 is 0.750 bits per heavy atom. The van der Waals surface area contributed by atoms with Crippen LogP contribution in [0.4, 0.5) is 4.79 Å². The molecule has 0 bridgehead atoms. The summed E-state index contributed by atoms with van der Waals surface area (Å²) in [5.41, 5.74) is 0. The monoisotopic (exact) mass is 573 g/mol. The molecule has 0 fully saturated rings. The number of carbonyl (C=O) groups is 1. The van der Waals surface area contributed by atoms with E-state index in [9.17, 15) is 0 Å². The first-order chi connectivity index (χ1) is 19.1. The van der Waals surface area contributed by atoms with Crippen molar-refractivity contribution in [2.45, 2.75) is 184 Å². The number of carbonyl (C=O) groups excluding carboxylic acids is 1. The molecular weight excluding hydrogens is 496 g/mol. The number of carboxylic acid groups (broad SMARTS) is 2. The Kier molecular flexibility index (Phi) is 32.4. The van der Waals surface area contributed by atoms with Crippen LogP contribution in [0.5, 0.6) is 0 Å². The Balaban J connectivity index is -0.000000603. The summed E-state index contributed by atoms with van der Waals surface area (Å²) in [5.74, 6) is 0. The molecule has 0 heterocycles. The van der Waals surface area contributed by atoms with Gasteiger partial charge in [0.25, 0.3) is 0 Å². The molecule has 0 spiro atoms. The van der Waals surface area contributed by atoms with Gasteiger partial charge in [0.2, 0.25) is 0 Å². The molecule has 0 radical (unpaired) electrons. The molecule has 0 aliphatic rings. The van der Waals surface area contributed by atoms with Crippen LogP contribution in [0.15, 0.2) is 0 Å². The molecular formula is C35H76N2O3. The maximum Gasteiger partial charge on any atom is 0.0861 e. The van der Waals surface area contributed by atoms with Crippen molar-refractivity contribution in [3.63, 3.8) is 0 Å². The number of unbranched alkanes of at least 4 members (excludes halogenated alkanes) is 6. The predicted molar refractivity (Wildman–Crippen MR) is 173 cm³/mol. The highest BCUT2D eigenvalue weighted by Gasteiger charge is 2.32. The molecule has 0 rings (SSSR count). The fraction of sp³-hybridized carbons (Fsp3) is 0.971. The first-order valence-electron chi connectivity index (χ1n) is 17.7. The Labute approximate surface area is 253 Å². The minimum absolute atomic E-state index is 0.861. The summed E-state index contributed by atoms with van der Waals surface area (Å²) < 4.78 is 2.81. The second-order valence-electron chi connectivity index (χ2n) is 12.4. The number of nitrogens with zero attached hydrogens (tertiary/aromatic N) is 2. The van der Waals surface area contributed by atoms with E-state index in [2.05, 4.69) is 69.2 Å². The van der Waals surface area contributed by atoms with E-state index in [1.54, 1.807) is 0 Å². The minimum Gasteiger partial charge on any atom is -0.652 e. The highest BCUT2D eigenvalue weighted by atomic mass is 16.6. The van der Waals surface area contributed by atoms with Gasteiger partial charge in [-0.2, -0.15) is 0 Å². The van der Waals surface area contributed by atoms with Crippen molar-refractivity contribution in [1.29, 1.82) is 0 Å². The molecule has 2 atom stereocenters. The zero-order valence-corrected chi connectivity index (χ0v) is 29.3. The third-order valence-corrected chi connectivity index (χ3v) is 9.02. The van der Waals surface area contributed by atoms with E-state index >= 15 is 0 Å². The SMILES string of the molecule is CCCC[N+](CCCC)(CCCC)C(C)CCC.CCCC[N+](CCCC)(CCCC)C(C)CCC.O=C([O-])[O-]. The average Bonchev–Trinajstić information content (AvgIpc) is 2.93. The number of hydrogen-bond donors (Lipinski definition) is 0. The molecule has 0 aromatic carbocycles. The van der Waals surface area contributed by atoms with Gasteiger partial charge in [-0.15, -0.1) is 0 Å². The lowest BCUT2D eigenvalue weighted by Gasteiger charge is -2.44. The Bertz CT molecular complexity index is 439. The molecule has 2 unspecified atom stereocenters. The summed E-state index contributed by atoms with van der Waals surface area (Å²) in [7, 11) is 0. The van der Waals surface area contributed by atoms with E-state index in [1.165, 1.54) is 151 Å². The van der Waals surface area contributed by atoms with Crippen LogP contribution in [-0.4, -0.2) is 66.5 Å². The first kappa shape index (κ1) is 43.6. The van der Waals surface area contributed by atoms with Crippen molar-refractivity contribution in [1.82, 2.24) is 0 Å². The number of rotatable bonds is 24. The maximum atomic E-state index is 8.33. The summed E-state index contributed by atoms with van der Waals surface area (Å²) in [5, 5.41) is 16.7. The summed E-state index contributed by atoms with van der Waals surface area (Å²) >= 11 is 0. The molecule has 0 N–H and O–H groups in total. The van der Waals surface area contributed by atoms with Gasteiger partial charge in [0, 0.05) is 0 Å². The van der Waals surface area contributed by atoms with Crippen molar-refractivity contribution in [3.05, 3.63) is 0 Å². The van der Waals surface area contributed by atoms with Gasteiger partial charge < -0.3 is 24.0 Å². The molecule has 0 amide bonds. The van der Waals surface area contributed by atoms with Crippen molar-refractivity contribution >= 4 is 6.16 Å². The second kappa shape index (κ2) is 29.7. The summed E-state index contributed by atoms with van der Waals surface area (Å²) in [4.78, 5) is 8.33. The Hall–Kier alpha value is -0.810. The van der Waals surface area contributed by atoms with Crippen molar-refractivity contribution in [2.24, 2.45) is 0 Å². The Morgan fingerprint density at radius 2 is 0.625 bits per heavy atom. The van der Waals surface area contributed by atoms with E-state index in [-0.39, 0.29) is 0 Å². The van der Waals surface area contributed by atoms with E-state index < -0.39 is 6.16 Å². The van der Waals surface area contributed by atoms with Crippen molar-refractivity contribution in [2.75, 3.05) is 39.3 Å². The van der Waals surface area contributed by atoms with Crippen LogP contribution in [0.1, 0.15) is 172 Å². The molecule has 0 aromatic heterocycles. The molecule has 0 aliphatic carbocycles. The lowest BCUT2D eigenvalue weighted by atomic mass is 10.0. The lowest BCUT2D eigenvalue weighted by Crippen LogP contribution is -2.56. The molecule has 244 valence electrons. The quantitative estimate of drug-likeness (QED) is 0.109. The van der Waals surface area contributed by atoms with Gasteiger partial charge in [-0.3, -0.25) is 0 Å². The summed E-state index contributed by atoms with van der Waals surface area (Å²) in [6.45, 7) is 32.2. The fourth-order valence-corrected chi connectivity index (χ4v) is 6.21. The van der Waals surface area contributed by atoms with E-state index in [4.69, 9.17) is 15.0 Å². The van der Waals surface area contributed by atoms with Crippen LogP contribution < -0.4 is 10.2 Å². The van der Waals surface area contributed by atoms with Gasteiger partial charge in [0.05, 0.1) is 51.4 Å². The minimum atomic E-state index is -2.33. The molecule has 0 aliphatic heterocycles. The van der Waals surface area contributed by atoms with Crippen LogP contribution in [0.3, 0.4) is 0 Å². The predicted octanol–water partition coefficient (Wildman–Crippen LogP) is 8.34. The zero-order valence-electron chi connectivity index (χ0n) is 29.3. The maximum absolute atomic E-state index is 8.33. The zero-order chi connectivity index (χ0) is 31.3. The van der Waals surface area contributed by atoms with E-state index in [0.717, 1.165) is 12.1 Å². The largest absolute Gasteiger partial charge is 0.652 e. The summed E-state index contributed by atoms with van der Waals surface area (Å²) in [6.07, 6.45) is 19.6. The average molecular weight is 573 g/mol. The van der Waals surface area contributed by atoms with Crippen LogP contribution in [0.25, 0.3) is 0 Å². The lowest BCUT2D eigenvalue weighted by molar-refractivity contribution is -0.950. The van der Waals surface area contributed by atoms with Crippen LogP contribution in [0, 0.1) is 0 Å². The van der Waals surface area contributed by atoms with Gasteiger partial charge in [-0.1, -0.05) is 107 Å². The molecule has 40 heavy (non-hydrogen) atoms. The van der Waals surface area contributed by atoms with Crippen LogP contribution in [0.2, 0.25) is 0 Å². The van der Waals surface area contributed by atoms with Crippen molar-refractivity contribution < 1.29 is 24.0 Å². The highest BCUT2D eigenvalue weighted by Crippen LogP contribution is 2.24. The first-order valence-corrected chi connectivity index (χ1v) is 17.7. The van der Waals surface area contributed by atoms with Crippen molar-refractivity contribution in [3.8, 4) is 0 Å². The molecule has 0 aromatic rings. The molecule has 5 nitrogen and oxygen atoms in total. The van der Waals surface area contributed by atoms with Gasteiger partial charge >= 0.3 is 0 Å². The van der Waals surface area contributed by atoms with Gasteiger partial charge in [-0.25, -0.2) is 0 Å². The van der Waals surface area contributed by atoms with Crippen LogP contribution >= 0.6 is 0 Å². The molecule has 0 saturated carbocycles. The Morgan fingerprint density at radius 1 is 0.450 bits per heavy atom. The normalized spacial score (nSPS) is 13.1. The van der Waals surface area contributed by atoms with Gasteiger partial charge in [-0.05, 0) is 71.4 Å². The molecule has 5 heteroatoms. The molecule has 0 saturated heterocycles. The number of hydrogen-bond acceptors (Lipinski definition) is 3. The standard InChI is InChI=1S/2C17H38N.CH2O3/c2*1-6-10-14-18(15-11-7-2,16-12-8-3)17(5)13-9-4;2-1(3)4/h2*17H,6-16H2,1-5H3;(H2,2,3,4)/q2*+1;/p-2. The van der Waals surface area contributed by atoms with Gasteiger partial charge in [0.1, 0.15) is 0 Å².